The predicted molar refractivity (Wildman–Crippen MR) is 128 cm³/mol. The van der Waals surface area contributed by atoms with Crippen LogP contribution in [0.5, 0.6) is 0 Å². The molecule has 1 aromatic carbocycles. The molecule has 8 heteroatoms. The van der Waals surface area contributed by atoms with Gasteiger partial charge in [-0.3, -0.25) is 0 Å². The Morgan fingerprint density at radius 3 is 2.55 bits per heavy atom. The van der Waals surface area contributed by atoms with E-state index in [0.29, 0.717) is 17.6 Å². The van der Waals surface area contributed by atoms with E-state index >= 15 is 0 Å². The highest BCUT2D eigenvalue weighted by Crippen LogP contribution is 2.21. The van der Waals surface area contributed by atoms with Crippen LogP contribution in [-0.4, -0.2) is 29.0 Å². The lowest BCUT2D eigenvalue weighted by atomic mass is 10.1. The second-order valence-electron chi connectivity index (χ2n) is 6.35. The van der Waals surface area contributed by atoms with Crippen molar-refractivity contribution in [1.82, 2.24) is 20.6 Å². The Balaban J connectivity index is 0.00000300. The molecule has 2 N–H and O–H groups in total. The Labute approximate surface area is 193 Å². The van der Waals surface area contributed by atoms with Gasteiger partial charge in [0, 0.05) is 24.8 Å². The average Bonchev–Trinajstić information content (AvgIpc) is 3.17. The molecule has 0 bridgehead atoms. The van der Waals surface area contributed by atoms with Crippen LogP contribution in [0.15, 0.2) is 58.2 Å². The van der Waals surface area contributed by atoms with Gasteiger partial charge in [-0.25, -0.2) is 15.0 Å². The molecule has 0 unspecified atom stereocenters. The molecule has 0 radical (unpaired) electrons. The zero-order valence-corrected chi connectivity index (χ0v) is 19.6. The molecule has 0 saturated heterocycles. The zero-order chi connectivity index (χ0) is 19.8. The first-order valence-corrected chi connectivity index (χ1v) is 9.66. The molecule has 0 fully saturated rings. The van der Waals surface area contributed by atoms with Gasteiger partial charge in [0.2, 0.25) is 5.89 Å². The van der Waals surface area contributed by atoms with E-state index in [0.717, 1.165) is 42.4 Å². The molecule has 154 valence electrons. The summed E-state index contributed by atoms with van der Waals surface area (Å²) in [7, 11) is 0. The van der Waals surface area contributed by atoms with Crippen LogP contribution in [0.4, 0.5) is 0 Å². The highest BCUT2D eigenvalue weighted by atomic mass is 127. The van der Waals surface area contributed by atoms with Gasteiger partial charge in [-0.05, 0) is 31.9 Å². The van der Waals surface area contributed by atoms with E-state index in [9.17, 15) is 0 Å². The molecule has 3 aromatic rings. The van der Waals surface area contributed by atoms with Crippen LogP contribution in [0.3, 0.4) is 0 Å². The van der Waals surface area contributed by atoms with Crippen LogP contribution in [0.25, 0.3) is 11.3 Å². The van der Waals surface area contributed by atoms with E-state index in [4.69, 9.17) is 16.0 Å². The Hall–Kier alpha value is -2.13. The first-order valence-electron chi connectivity index (χ1n) is 9.28. The maximum absolute atomic E-state index is 5.83. The fraction of sp³-hybridized carbons (Fsp3) is 0.286. The number of aryl methyl sites for hydroxylation is 1. The molecule has 0 aliphatic rings. The molecule has 0 spiro atoms. The highest BCUT2D eigenvalue weighted by Gasteiger charge is 2.06. The van der Waals surface area contributed by atoms with Crippen molar-refractivity contribution in [3.63, 3.8) is 0 Å². The number of pyridine rings is 1. The molecule has 0 atom stereocenters. The van der Waals surface area contributed by atoms with Crippen molar-refractivity contribution in [2.75, 3.05) is 13.1 Å². The number of oxazole rings is 1. The first-order chi connectivity index (χ1) is 13.6. The quantitative estimate of drug-likeness (QED) is 0.204. The van der Waals surface area contributed by atoms with Crippen LogP contribution in [0, 0.1) is 6.92 Å². The third-order valence-corrected chi connectivity index (χ3v) is 4.32. The number of aromatic nitrogens is 2. The standard InChI is InChI=1S/C21H24ClN5O.HI/c1-3-23-21(24-11-10-16-6-9-19(22)25-12-16)27-14-20-26-13-18(28-20)17-7-4-15(2)5-8-17;/h4-9,12-13H,3,10-11,14H2,1-2H3,(H2,23,24,27);1H. The third kappa shape index (κ3) is 7.32. The van der Waals surface area contributed by atoms with Crippen molar-refractivity contribution >= 4 is 41.5 Å². The molecule has 6 nitrogen and oxygen atoms in total. The number of halogens is 2. The van der Waals surface area contributed by atoms with Crippen LogP contribution < -0.4 is 10.6 Å². The van der Waals surface area contributed by atoms with E-state index in [1.807, 2.05) is 25.1 Å². The Morgan fingerprint density at radius 1 is 1.07 bits per heavy atom. The lowest BCUT2D eigenvalue weighted by Crippen LogP contribution is -2.38. The van der Waals surface area contributed by atoms with Crippen LogP contribution >= 0.6 is 35.6 Å². The zero-order valence-electron chi connectivity index (χ0n) is 16.5. The lowest BCUT2D eigenvalue weighted by molar-refractivity contribution is 0.509. The minimum atomic E-state index is 0. The summed E-state index contributed by atoms with van der Waals surface area (Å²) in [5, 5.41) is 7.04. The number of hydrogen-bond donors (Lipinski definition) is 2. The number of guanidine groups is 1. The smallest absolute Gasteiger partial charge is 0.216 e. The summed E-state index contributed by atoms with van der Waals surface area (Å²) in [6.07, 6.45) is 4.35. The van der Waals surface area contributed by atoms with Gasteiger partial charge >= 0.3 is 0 Å². The maximum atomic E-state index is 5.83. The highest BCUT2D eigenvalue weighted by molar-refractivity contribution is 14.0. The summed E-state index contributed by atoms with van der Waals surface area (Å²) in [5.41, 5.74) is 3.34. The summed E-state index contributed by atoms with van der Waals surface area (Å²) in [4.78, 5) is 13.0. The predicted octanol–water partition coefficient (Wildman–Crippen LogP) is 4.61. The Kier molecular flexibility index (Phi) is 9.40. The minimum Gasteiger partial charge on any atom is -0.439 e. The molecule has 2 heterocycles. The topological polar surface area (TPSA) is 75.3 Å². The van der Waals surface area contributed by atoms with Crippen LogP contribution in [0.2, 0.25) is 5.15 Å². The van der Waals surface area contributed by atoms with E-state index in [-0.39, 0.29) is 24.0 Å². The number of aliphatic imine (C=N–C) groups is 1. The number of benzene rings is 1. The monoisotopic (exact) mass is 525 g/mol. The summed E-state index contributed by atoms with van der Waals surface area (Å²) < 4.78 is 5.83. The van der Waals surface area contributed by atoms with Crippen LogP contribution in [-0.2, 0) is 13.0 Å². The number of nitrogens with zero attached hydrogens (tertiary/aromatic N) is 3. The molecule has 2 aromatic heterocycles. The van der Waals surface area contributed by atoms with Gasteiger partial charge in [0.05, 0.1) is 6.20 Å². The molecule has 0 aliphatic carbocycles. The first kappa shape index (κ1) is 23.2. The number of nitrogens with one attached hydrogen (secondary N) is 2. The molecular formula is C21H25ClIN5O. The van der Waals surface area contributed by atoms with Gasteiger partial charge in [-0.2, -0.15) is 0 Å². The summed E-state index contributed by atoms with van der Waals surface area (Å²) >= 11 is 5.81. The van der Waals surface area contributed by atoms with E-state index < -0.39 is 0 Å². The molecule has 0 aliphatic heterocycles. The van der Waals surface area contributed by atoms with Gasteiger partial charge in [0.1, 0.15) is 11.7 Å². The van der Waals surface area contributed by atoms with Crippen molar-refractivity contribution in [2.24, 2.45) is 4.99 Å². The molecule has 3 rings (SSSR count). The SMILES string of the molecule is CCNC(=NCc1ncc(-c2ccc(C)cc2)o1)NCCc1ccc(Cl)nc1.I. The summed E-state index contributed by atoms with van der Waals surface area (Å²) in [6.45, 7) is 5.96. The molecule has 29 heavy (non-hydrogen) atoms. The van der Waals surface area contributed by atoms with Gasteiger partial charge in [0.25, 0.3) is 0 Å². The van der Waals surface area contributed by atoms with Crippen LogP contribution in [0.1, 0.15) is 23.9 Å². The van der Waals surface area contributed by atoms with E-state index in [2.05, 4.69) is 44.7 Å². The van der Waals surface area contributed by atoms with Gasteiger partial charge in [-0.15, -0.1) is 24.0 Å². The van der Waals surface area contributed by atoms with Crippen molar-refractivity contribution in [3.8, 4) is 11.3 Å². The fourth-order valence-electron chi connectivity index (χ4n) is 2.60. The second kappa shape index (κ2) is 11.8. The molecular weight excluding hydrogens is 501 g/mol. The number of hydrogen-bond acceptors (Lipinski definition) is 4. The van der Waals surface area contributed by atoms with Gasteiger partial charge in [-0.1, -0.05) is 47.5 Å². The third-order valence-electron chi connectivity index (χ3n) is 4.10. The Morgan fingerprint density at radius 2 is 1.86 bits per heavy atom. The van der Waals surface area contributed by atoms with Gasteiger partial charge in [0.15, 0.2) is 11.7 Å². The lowest BCUT2D eigenvalue weighted by Gasteiger charge is -2.10. The fourth-order valence-corrected chi connectivity index (χ4v) is 2.71. The van der Waals surface area contributed by atoms with Crippen molar-refractivity contribution in [3.05, 3.63) is 71.0 Å². The maximum Gasteiger partial charge on any atom is 0.216 e. The van der Waals surface area contributed by atoms with Crippen molar-refractivity contribution in [2.45, 2.75) is 26.8 Å². The number of rotatable bonds is 7. The Bertz CT molecular complexity index is 910. The summed E-state index contributed by atoms with van der Waals surface area (Å²) in [6, 6.07) is 11.9. The normalized spacial score (nSPS) is 11.1. The molecule has 0 amide bonds. The van der Waals surface area contributed by atoms with Gasteiger partial charge < -0.3 is 15.1 Å². The van der Waals surface area contributed by atoms with Crippen molar-refractivity contribution in [1.29, 1.82) is 0 Å². The largest absolute Gasteiger partial charge is 0.439 e. The van der Waals surface area contributed by atoms with E-state index in [1.165, 1.54) is 5.56 Å². The van der Waals surface area contributed by atoms with E-state index in [1.54, 1.807) is 18.5 Å². The molecule has 0 saturated carbocycles. The average molecular weight is 526 g/mol. The second-order valence-corrected chi connectivity index (χ2v) is 6.73. The minimum absolute atomic E-state index is 0. The van der Waals surface area contributed by atoms with Crippen molar-refractivity contribution < 1.29 is 4.42 Å². The summed E-state index contributed by atoms with van der Waals surface area (Å²) in [5.74, 6) is 2.05.